The summed E-state index contributed by atoms with van der Waals surface area (Å²) in [5.74, 6) is 1.44. The van der Waals surface area contributed by atoms with Gasteiger partial charge in [-0.25, -0.2) is 0 Å². The number of ether oxygens (including phenoxy) is 2. The van der Waals surface area contributed by atoms with Crippen molar-refractivity contribution in [3.8, 4) is 11.1 Å². The van der Waals surface area contributed by atoms with E-state index in [4.69, 9.17) is 9.47 Å². The molecule has 1 saturated heterocycles. The lowest BCUT2D eigenvalue weighted by molar-refractivity contribution is -0.268. The van der Waals surface area contributed by atoms with Gasteiger partial charge in [-0.2, -0.15) is 11.8 Å². The Hall–Kier alpha value is -3.46. The van der Waals surface area contributed by atoms with Crippen molar-refractivity contribution in [1.29, 1.82) is 0 Å². The molecule has 0 bridgehead atoms. The second kappa shape index (κ2) is 14.6. The first-order valence-electron chi connectivity index (χ1n) is 14.3. The number of carbonyl (C=O) groups excluding carboxylic acids is 1. The minimum absolute atomic E-state index is 0.00506. The van der Waals surface area contributed by atoms with E-state index in [9.17, 15) is 15.0 Å². The first kappa shape index (κ1) is 30.0. The standard InChI is InChI=1S/C35H37NO5S/c1-24-32(23-42-19-18-37)40-35(41-33(24)28-12-10-25(22-38)11-13-28)30-16-14-27(15-17-30)31-9-5-6-26(20-31)21-36-34(39)29-7-3-2-4-8-29/h2-17,20,24,32-33,35,37-38H,18-19,21-23H2,1H3,(H,36,39). The number of aliphatic hydroxyl groups excluding tert-OH is 2. The Balaban J connectivity index is 1.30. The van der Waals surface area contributed by atoms with Crippen molar-refractivity contribution < 1.29 is 24.5 Å². The third-order valence-corrected chi connectivity index (χ3v) is 8.61. The first-order valence-corrected chi connectivity index (χ1v) is 15.4. The molecule has 0 aromatic heterocycles. The van der Waals surface area contributed by atoms with Crippen LogP contribution in [-0.2, 0) is 22.6 Å². The van der Waals surface area contributed by atoms with Crippen LogP contribution in [0.5, 0.6) is 0 Å². The molecule has 218 valence electrons. The molecule has 7 heteroatoms. The van der Waals surface area contributed by atoms with E-state index in [2.05, 4.69) is 36.5 Å². The fourth-order valence-corrected chi connectivity index (χ4v) is 6.05. The smallest absolute Gasteiger partial charge is 0.251 e. The Morgan fingerprint density at radius 3 is 2.26 bits per heavy atom. The maximum atomic E-state index is 12.5. The van der Waals surface area contributed by atoms with Crippen molar-refractivity contribution in [1.82, 2.24) is 5.32 Å². The number of aliphatic hydroxyl groups is 2. The van der Waals surface area contributed by atoms with Crippen LogP contribution >= 0.6 is 11.8 Å². The molecule has 0 radical (unpaired) electrons. The fraction of sp³-hybridized carbons (Fsp3) is 0.286. The van der Waals surface area contributed by atoms with Crippen LogP contribution < -0.4 is 5.32 Å². The lowest BCUT2D eigenvalue weighted by atomic mass is 9.91. The van der Waals surface area contributed by atoms with E-state index in [1.54, 1.807) is 23.9 Å². The molecular formula is C35H37NO5S. The van der Waals surface area contributed by atoms with Crippen LogP contribution in [0.1, 0.15) is 51.9 Å². The van der Waals surface area contributed by atoms with Crippen LogP contribution in [-0.4, -0.2) is 40.3 Å². The minimum atomic E-state index is -0.531. The Morgan fingerprint density at radius 1 is 0.810 bits per heavy atom. The highest BCUT2D eigenvalue weighted by molar-refractivity contribution is 7.99. The third kappa shape index (κ3) is 7.48. The topological polar surface area (TPSA) is 88.0 Å². The average Bonchev–Trinajstić information content (AvgIpc) is 3.05. The molecule has 4 unspecified atom stereocenters. The van der Waals surface area contributed by atoms with Gasteiger partial charge in [0, 0.05) is 35.1 Å². The molecule has 6 nitrogen and oxygen atoms in total. The summed E-state index contributed by atoms with van der Waals surface area (Å²) in [7, 11) is 0. The van der Waals surface area contributed by atoms with Crippen molar-refractivity contribution in [2.75, 3.05) is 18.1 Å². The Morgan fingerprint density at radius 2 is 1.55 bits per heavy atom. The Bertz CT molecular complexity index is 1430. The summed E-state index contributed by atoms with van der Waals surface area (Å²) in [6, 6.07) is 33.5. The molecule has 1 heterocycles. The lowest BCUT2D eigenvalue weighted by Crippen LogP contribution is -2.38. The average molecular weight is 584 g/mol. The summed E-state index contributed by atoms with van der Waals surface area (Å²) in [5.41, 5.74) is 6.64. The quantitative estimate of drug-likeness (QED) is 0.180. The molecule has 1 aliphatic rings. The van der Waals surface area contributed by atoms with Gasteiger partial charge in [0.2, 0.25) is 0 Å². The molecule has 4 aromatic rings. The highest BCUT2D eigenvalue weighted by Crippen LogP contribution is 2.42. The summed E-state index contributed by atoms with van der Waals surface area (Å²) in [6.45, 7) is 2.73. The molecule has 1 amide bonds. The van der Waals surface area contributed by atoms with Gasteiger partial charge in [-0.15, -0.1) is 0 Å². The van der Waals surface area contributed by atoms with Crippen LogP contribution in [0.3, 0.4) is 0 Å². The molecular weight excluding hydrogens is 546 g/mol. The van der Waals surface area contributed by atoms with Crippen molar-refractivity contribution >= 4 is 17.7 Å². The van der Waals surface area contributed by atoms with Crippen LogP contribution in [0.15, 0.2) is 103 Å². The molecule has 0 aliphatic carbocycles. The zero-order valence-corrected chi connectivity index (χ0v) is 24.5. The molecule has 0 saturated carbocycles. The second-order valence-electron chi connectivity index (χ2n) is 10.5. The van der Waals surface area contributed by atoms with Gasteiger partial charge in [0.25, 0.3) is 5.91 Å². The van der Waals surface area contributed by atoms with E-state index in [0.717, 1.165) is 39.1 Å². The highest BCUT2D eigenvalue weighted by Gasteiger charge is 2.38. The van der Waals surface area contributed by atoms with Crippen LogP contribution in [0, 0.1) is 5.92 Å². The fourth-order valence-electron chi connectivity index (χ4n) is 5.14. The van der Waals surface area contributed by atoms with Crippen LogP contribution in [0.4, 0.5) is 0 Å². The Labute approximate surface area is 251 Å². The van der Waals surface area contributed by atoms with Gasteiger partial charge in [-0.05, 0) is 46.0 Å². The summed E-state index contributed by atoms with van der Waals surface area (Å²) in [5, 5.41) is 21.7. The van der Waals surface area contributed by atoms with Gasteiger partial charge in [0.15, 0.2) is 6.29 Å². The molecule has 4 aromatic carbocycles. The molecule has 5 rings (SSSR count). The zero-order chi connectivity index (χ0) is 29.3. The van der Waals surface area contributed by atoms with E-state index >= 15 is 0 Å². The van der Waals surface area contributed by atoms with Crippen molar-refractivity contribution in [3.05, 3.63) is 131 Å². The summed E-state index contributed by atoms with van der Waals surface area (Å²) in [6.07, 6.45) is -0.749. The number of benzene rings is 4. The highest BCUT2D eigenvalue weighted by atomic mass is 32.2. The van der Waals surface area contributed by atoms with Gasteiger partial charge in [0.05, 0.1) is 25.4 Å². The van der Waals surface area contributed by atoms with Crippen molar-refractivity contribution in [2.45, 2.75) is 38.6 Å². The van der Waals surface area contributed by atoms with Crippen molar-refractivity contribution in [2.24, 2.45) is 5.92 Å². The second-order valence-corrected chi connectivity index (χ2v) is 11.6. The molecule has 42 heavy (non-hydrogen) atoms. The zero-order valence-electron chi connectivity index (χ0n) is 23.7. The molecule has 3 N–H and O–H groups in total. The number of rotatable bonds is 11. The normalized spacial score (nSPS) is 20.3. The number of hydrogen-bond acceptors (Lipinski definition) is 6. The summed E-state index contributed by atoms with van der Waals surface area (Å²) < 4.78 is 13.0. The van der Waals surface area contributed by atoms with E-state index in [1.807, 2.05) is 66.7 Å². The van der Waals surface area contributed by atoms with Gasteiger partial charge >= 0.3 is 0 Å². The number of thioether (sulfide) groups is 1. The molecule has 4 atom stereocenters. The Kier molecular flexibility index (Phi) is 10.5. The number of hydrogen-bond donors (Lipinski definition) is 3. The van der Waals surface area contributed by atoms with Gasteiger partial charge in [-0.1, -0.05) is 91.9 Å². The summed E-state index contributed by atoms with van der Waals surface area (Å²) >= 11 is 1.68. The molecule has 1 aliphatic heterocycles. The monoisotopic (exact) mass is 583 g/mol. The maximum Gasteiger partial charge on any atom is 0.251 e. The third-order valence-electron chi connectivity index (χ3n) is 7.57. The summed E-state index contributed by atoms with van der Waals surface area (Å²) in [4.78, 5) is 12.5. The first-order chi connectivity index (χ1) is 20.6. The number of amides is 1. The largest absolute Gasteiger partial charge is 0.396 e. The van der Waals surface area contributed by atoms with E-state index < -0.39 is 6.29 Å². The maximum absolute atomic E-state index is 12.5. The molecule has 1 fully saturated rings. The van der Waals surface area contributed by atoms with E-state index in [0.29, 0.717) is 17.9 Å². The van der Waals surface area contributed by atoms with Crippen LogP contribution in [0.25, 0.3) is 11.1 Å². The van der Waals surface area contributed by atoms with Gasteiger partial charge in [-0.3, -0.25) is 4.79 Å². The molecule has 0 spiro atoms. The number of carbonyl (C=O) groups is 1. The predicted octanol–water partition coefficient (Wildman–Crippen LogP) is 6.29. The van der Waals surface area contributed by atoms with Gasteiger partial charge < -0.3 is 25.0 Å². The number of nitrogens with one attached hydrogen (secondary N) is 1. The minimum Gasteiger partial charge on any atom is -0.396 e. The SMILES string of the molecule is CC1C(CSCCO)OC(c2ccc(-c3cccc(CNC(=O)c4ccccc4)c3)cc2)OC1c1ccc(CO)cc1. The van der Waals surface area contributed by atoms with Crippen LogP contribution in [0.2, 0.25) is 0 Å². The lowest BCUT2D eigenvalue weighted by Gasteiger charge is -2.41. The predicted molar refractivity (Wildman–Crippen MR) is 167 cm³/mol. The van der Waals surface area contributed by atoms with E-state index in [-0.39, 0.29) is 37.2 Å². The van der Waals surface area contributed by atoms with Crippen molar-refractivity contribution in [3.63, 3.8) is 0 Å². The van der Waals surface area contributed by atoms with E-state index in [1.165, 1.54) is 0 Å². The van der Waals surface area contributed by atoms with Gasteiger partial charge in [0.1, 0.15) is 0 Å².